The molecule has 30 heavy (non-hydrogen) atoms. The lowest BCUT2D eigenvalue weighted by Gasteiger charge is -2.32. The van der Waals surface area contributed by atoms with E-state index in [2.05, 4.69) is 26.3 Å². The number of hydrazone groups is 1. The first-order chi connectivity index (χ1) is 14.5. The molecule has 6 nitrogen and oxygen atoms in total. The van der Waals surface area contributed by atoms with Crippen molar-refractivity contribution < 1.29 is 13.6 Å². The zero-order valence-corrected chi connectivity index (χ0v) is 18.0. The van der Waals surface area contributed by atoms with Crippen molar-refractivity contribution >= 4 is 44.5 Å². The summed E-state index contributed by atoms with van der Waals surface area (Å²) >= 11 is 4.79. The molecule has 2 aromatic carbocycles. The fourth-order valence-electron chi connectivity index (χ4n) is 3.39. The Hall–Kier alpha value is -2.91. The number of thioether (sulfide) groups is 1. The third kappa shape index (κ3) is 3.23. The molecule has 1 aromatic heterocycles. The van der Waals surface area contributed by atoms with E-state index in [1.165, 1.54) is 23.9 Å². The Bertz CT molecular complexity index is 1320. The highest BCUT2D eigenvalue weighted by Crippen LogP contribution is 2.34. The molecular weight excluding hydrogens is 471 g/mol. The second-order valence-corrected chi connectivity index (χ2v) is 8.34. The van der Waals surface area contributed by atoms with Gasteiger partial charge in [0.05, 0.1) is 5.36 Å². The van der Waals surface area contributed by atoms with Crippen LogP contribution >= 0.6 is 27.7 Å². The topological polar surface area (TPSA) is 70.2 Å². The van der Waals surface area contributed by atoms with Crippen LogP contribution in [0.3, 0.4) is 0 Å². The van der Waals surface area contributed by atoms with E-state index in [9.17, 15) is 9.18 Å². The molecule has 3 aromatic rings. The minimum Gasteiger partial charge on any atom is -0.457 e. The van der Waals surface area contributed by atoms with E-state index in [1.54, 1.807) is 29.3 Å². The van der Waals surface area contributed by atoms with Crippen LogP contribution in [-0.4, -0.2) is 22.3 Å². The van der Waals surface area contributed by atoms with E-state index in [0.717, 1.165) is 10.0 Å². The van der Waals surface area contributed by atoms with Gasteiger partial charge < -0.3 is 4.42 Å². The van der Waals surface area contributed by atoms with Crippen molar-refractivity contribution in [2.24, 2.45) is 10.1 Å². The molecule has 0 spiro atoms. The Kier molecular flexibility index (Phi) is 4.71. The monoisotopic (exact) mass is 484 g/mol. The predicted molar refractivity (Wildman–Crippen MR) is 116 cm³/mol. The van der Waals surface area contributed by atoms with Gasteiger partial charge in [-0.15, -0.1) is 5.10 Å². The number of hydrogen-bond donors (Lipinski definition) is 1. The van der Waals surface area contributed by atoms with Gasteiger partial charge in [0.1, 0.15) is 17.3 Å². The molecule has 150 valence electrons. The number of nitrogens with zero attached hydrogens (tertiary/aromatic N) is 3. The first-order valence-electron chi connectivity index (χ1n) is 9.00. The van der Waals surface area contributed by atoms with Crippen molar-refractivity contribution in [2.75, 3.05) is 6.26 Å². The minimum atomic E-state index is -0.643. The number of furan rings is 1. The lowest BCUT2D eigenvalue weighted by atomic mass is 10.1. The van der Waals surface area contributed by atoms with Crippen LogP contribution in [0.15, 0.2) is 73.6 Å². The number of amides is 1. The third-order valence-corrected chi connectivity index (χ3v) is 5.84. The van der Waals surface area contributed by atoms with E-state index in [4.69, 9.17) is 9.41 Å². The van der Waals surface area contributed by atoms with Crippen LogP contribution in [0.5, 0.6) is 0 Å². The maximum Gasteiger partial charge on any atom is 0.276 e. The van der Waals surface area contributed by atoms with Crippen LogP contribution in [0.1, 0.15) is 11.9 Å². The van der Waals surface area contributed by atoms with Gasteiger partial charge in [-0.1, -0.05) is 27.7 Å². The minimum absolute atomic E-state index is 0.251. The lowest BCUT2D eigenvalue weighted by molar-refractivity contribution is -0.116. The number of benzene rings is 2. The van der Waals surface area contributed by atoms with Crippen molar-refractivity contribution in [3.05, 3.63) is 81.2 Å². The molecule has 1 unspecified atom stereocenters. The average Bonchev–Trinajstić information content (AvgIpc) is 3.23. The molecule has 3 heterocycles. The van der Waals surface area contributed by atoms with Crippen LogP contribution in [-0.2, 0) is 4.79 Å². The Morgan fingerprint density at radius 2 is 1.97 bits per heavy atom. The highest BCUT2D eigenvalue weighted by atomic mass is 79.9. The van der Waals surface area contributed by atoms with Crippen molar-refractivity contribution in [3.8, 4) is 11.3 Å². The number of amidine groups is 1. The van der Waals surface area contributed by atoms with Crippen LogP contribution in [0.4, 0.5) is 4.39 Å². The van der Waals surface area contributed by atoms with E-state index in [0.29, 0.717) is 33.0 Å². The molecule has 1 amide bonds. The van der Waals surface area contributed by atoms with Gasteiger partial charge in [-0.2, -0.15) is 0 Å². The van der Waals surface area contributed by atoms with Gasteiger partial charge in [-0.3, -0.25) is 10.1 Å². The van der Waals surface area contributed by atoms with Crippen molar-refractivity contribution in [1.29, 1.82) is 0 Å². The molecule has 0 saturated heterocycles. The number of carbonyl (C=O) groups excluding carboxylic acids is 1. The quantitative estimate of drug-likeness (QED) is 0.605. The summed E-state index contributed by atoms with van der Waals surface area (Å²) in [5, 5.41) is 10.8. The molecule has 9 heteroatoms. The normalized spacial score (nSPS) is 17.6. The molecule has 0 bridgehead atoms. The van der Waals surface area contributed by atoms with Gasteiger partial charge in [0, 0.05) is 15.3 Å². The van der Waals surface area contributed by atoms with Gasteiger partial charge in [-0.05, 0) is 60.9 Å². The number of hydrogen-bond acceptors (Lipinski definition) is 6. The van der Waals surface area contributed by atoms with E-state index in [-0.39, 0.29) is 11.7 Å². The summed E-state index contributed by atoms with van der Waals surface area (Å²) < 4.78 is 20.1. The molecule has 2 aliphatic rings. The summed E-state index contributed by atoms with van der Waals surface area (Å²) in [6.07, 6.45) is 1.20. The zero-order chi connectivity index (χ0) is 20.8. The second-order valence-electron chi connectivity index (χ2n) is 6.63. The smallest absolute Gasteiger partial charge is 0.276 e. The highest BCUT2D eigenvalue weighted by molar-refractivity contribution is 9.10. The third-order valence-electron chi connectivity index (χ3n) is 4.77. The van der Waals surface area contributed by atoms with Crippen molar-refractivity contribution in [1.82, 2.24) is 10.3 Å². The van der Waals surface area contributed by atoms with Gasteiger partial charge in [-0.25, -0.2) is 14.4 Å². The lowest BCUT2D eigenvalue weighted by Crippen LogP contribution is -2.50. The van der Waals surface area contributed by atoms with Crippen molar-refractivity contribution in [3.63, 3.8) is 0 Å². The fraction of sp³-hybridized carbons (Fsp3) is 0.0952. The van der Waals surface area contributed by atoms with Gasteiger partial charge >= 0.3 is 0 Å². The van der Waals surface area contributed by atoms with Crippen LogP contribution in [0, 0.1) is 5.82 Å². The van der Waals surface area contributed by atoms with E-state index in [1.807, 2.05) is 24.5 Å². The van der Waals surface area contributed by atoms with Crippen molar-refractivity contribution in [2.45, 2.75) is 6.17 Å². The number of halogens is 2. The number of rotatable bonds is 2. The first kappa shape index (κ1) is 19.1. The summed E-state index contributed by atoms with van der Waals surface area (Å²) in [6.45, 7) is 0. The maximum atomic E-state index is 13.2. The number of fused-ring (bicyclic) bond motifs is 2. The molecule has 0 radical (unpaired) electrons. The van der Waals surface area contributed by atoms with Crippen LogP contribution < -0.4 is 15.9 Å². The second kappa shape index (κ2) is 7.41. The Labute approximate surface area is 183 Å². The Morgan fingerprint density at radius 3 is 2.73 bits per heavy atom. The van der Waals surface area contributed by atoms with E-state index < -0.39 is 6.17 Å². The standard InChI is InChI=1S/C21H14BrFN4O2S/c1-30-21-25-20(28)18-14-10-12(22)4-7-15(14)24-19(27(18)26-21)17-9-8-16(29-17)11-2-5-13(23)6-3-11/h2-10,19H,1H3,(H,25,26,28). The molecule has 1 N–H and O–H groups in total. The predicted octanol–water partition coefficient (Wildman–Crippen LogP) is 3.35. The number of carbonyl (C=O) groups is 1. The largest absolute Gasteiger partial charge is 0.457 e. The van der Waals surface area contributed by atoms with Crippen LogP contribution in [0.25, 0.3) is 17.0 Å². The SMILES string of the molecule is CSC1=NN2C(=c3cc(Br)ccc3=NC2c2ccc(-c3ccc(F)cc3)o2)C(=O)N1. The first-order valence-corrected chi connectivity index (χ1v) is 11.0. The Balaban J connectivity index is 1.66. The molecule has 0 fully saturated rings. The molecule has 5 rings (SSSR count). The zero-order valence-electron chi connectivity index (χ0n) is 15.6. The Morgan fingerprint density at radius 1 is 1.17 bits per heavy atom. The molecule has 2 aliphatic heterocycles. The summed E-state index contributed by atoms with van der Waals surface area (Å²) in [7, 11) is 0. The summed E-state index contributed by atoms with van der Waals surface area (Å²) in [5.41, 5.74) is 1.15. The molecular formula is C21H14BrFN4O2S. The molecule has 1 atom stereocenters. The van der Waals surface area contributed by atoms with Crippen LogP contribution in [0.2, 0.25) is 0 Å². The average molecular weight is 485 g/mol. The molecule has 0 saturated carbocycles. The summed E-state index contributed by atoms with van der Waals surface area (Å²) in [6, 6.07) is 15.2. The fourth-order valence-corrected chi connectivity index (χ4v) is 4.12. The summed E-state index contributed by atoms with van der Waals surface area (Å²) in [4.78, 5) is 17.7. The summed E-state index contributed by atoms with van der Waals surface area (Å²) in [5.74, 6) is 0.546. The van der Waals surface area contributed by atoms with E-state index >= 15 is 0 Å². The maximum absolute atomic E-state index is 13.2. The van der Waals surface area contributed by atoms with Gasteiger partial charge in [0.15, 0.2) is 10.9 Å². The molecule has 0 aliphatic carbocycles. The van der Waals surface area contributed by atoms with Gasteiger partial charge in [0.25, 0.3) is 5.91 Å². The highest BCUT2D eigenvalue weighted by Gasteiger charge is 2.35. The van der Waals surface area contributed by atoms with Gasteiger partial charge in [0.2, 0.25) is 6.17 Å². The number of nitrogens with one attached hydrogen (secondary N) is 1.